The largest absolute Gasteiger partial charge is 0.464 e. The van der Waals surface area contributed by atoms with Crippen LogP contribution in [0.4, 0.5) is 4.39 Å². The van der Waals surface area contributed by atoms with E-state index in [1.54, 1.807) is 36.6 Å². The lowest BCUT2D eigenvalue weighted by molar-refractivity contribution is -0.272. The Morgan fingerprint density at radius 2 is 1.95 bits per heavy atom. The van der Waals surface area contributed by atoms with Gasteiger partial charge in [-0.05, 0) is 25.1 Å². The minimum Gasteiger partial charge on any atom is -0.464 e. The fraction of sp³-hybridized carbons (Fsp3) is 0.375. The van der Waals surface area contributed by atoms with Gasteiger partial charge in [-0.1, -0.05) is 18.2 Å². The lowest BCUT2D eigenvalue weighted by atomic mass is 10.1. The molecule has 1 fully saturated rings. The predicted octanol–water partition coefficient (Wildman–Crippen LogP) is 3.44. The van der Waals surface area contributed by atoms with E-state index in [1.807, 2.05) is 6.92 Å². The summed E-state index contributed by atoms with van der Waals surface area (Å²) in [5.41, 5.74) is -0.0855. The molecule has 2 heterocycles. The minimum absolute atomic E-state index is 0.182. The molecular weight excluding hydrogens is 275 g/mol. The van der Waals surface area contributed by atoms with E-state index in [2.05, 4.69) is 0 Å². The summed E-state index contributed by atoms with van der Waals surface area (Å²) in [6, 6.07) is 10.1. The zero-order valence-corrected chi connectivity index (χ0v) is 11.8. The molecule has 0 saturated carbocycles. The van der Waals surface area contributed by atoms with Crippen LogP contribution in [0, 0.1) is 5.82 Å². The van der Waals surface area contributed by atoms with E-state index in [0.717, 1.165) is 0 Å². The van der Waals surface area contributed by atoms with E-state index in [-0.39, 0.29) is 12.4 Å². The van der Waals surface area contributed by atoms with Crippen LogP contribution < -0.4 is 0 Å². The average molecular weight is 292 g/mol. The monoisotopic (exact) mass is 292 g/mol. The molecule has 0 spiro atoms. The highest BCUT2D eigenvalue weighted by Gasteiger charge is 2.35. The first-order valence-electron chi connectivity index (χ1n) is 6.80. The summed E-state index contributed by atoms with van der Waals surface area (Å²) in [5, 5.41) is 0. The Bertz CT molecular complexity index is 574. The van der Waals surface area contributed by atoms with E-state index in [4.69, 9.17) is 18.6 Å². The summed E-state index contributed by atoms with van der Waals surface area (Å²) in [6.45, 7) is 2.77. The van der Waals surface area contributed by atoms with E-state index >= 15 is 0 Å². The third-order valence-electron chi connectivity index (χ3n) is 3.39. The van der Waals surface area contributed by atoms with Gasteiger partial charge in [-0.2, -0.15) is 0 Å². The van der Waals surface area contributed by atoms with Gasteiger partial charge < -0.3 is 18.6 Å². The summed E-state index contributed by atoms with van der Waals surface area (Å²) < 4.78 is 35.8. The number of halogens is 1. The zero-order chi connectivity index (χ0) is 14.7. The molecule has 112 valence electrons. The first-order valence-corrected chi connectivity index (χ1v) is 6.80. The van der Waals surface area contributed by atoms with Crippen molar-refractivity contribution < 1.29 is 23.0 Å². The summed E-state index contributed by atoms with van der Waals surface area (Å²) in [7, 11) is 0. The standard InChI is InChI=1S/C16H17FO4/c1-16(21-9-12-5-2-3-6-13(12)17)10-19-15(20-11-16)14-7-4-8-18-14/h2-8,15H,9-11H2,1H3. The molecule has 3 rings (SSSR count). The van der Waals surface area contributed by atoms with Crippen LogP contribution in [-0.2, 0) is 20.8 Å². The molecule has 4 nitrogen and oxygen atoms in total. The quantitative estimate of drug-likeness (QED) is 0.865. The molecule has 0 unspecified atom stereocenters. The van der Waals surface area contributed by atoms with Crippen molar-refractivity contribution in [3.8, 4) is 0 Å². The highest BCUT2D eigenvalue weighted by atomic mass is 19.1. The smallest absolute Gasteiger partial charge is 0.217 e. The van der Waals surface area contributed by atoms with Crippen molar-refractivity contribution in [2.45, 2.75) is 25.4 Å². The molecule has 0 radical (unpaired) electrons. The second kappa shape index (κ2) is 5.97. The molecule has 1 saturated heterocycles. The molecule has 1 aromatic heterocycles. The SMILES string of the molecule is CC1(OCc2ccccc2F)COC(c2ccco2)OC1. The van der Waals surface area contributed by atoms with Crippen molar-refractivity contribution in [2.75, 3.05) is 13.2 Å². The molecule has 1 aromatic carbocycles. The molecular formula is C16H17FO4. The fourth-order valence-electron chi connectivity index (χ4n) is 2.13. The summed E-state index contributed by atoms with van der Waals surface area (Å²) in [4.78, 5) is 0. The molecule has 2 aromatic rings. The second-order valence-corrected chi connectivity index (χ2v) is 5.30. The van der Waals surface area contributed by atoms with Crippen LogP contribution in [0.15, 0.2) is 47.1 Å². The molecule has 1 aliphatic heterocycles. The number of ether oxygens (including phenoxy) is 3. The highest BCUT2D eigenvalue weighted by molar-refractivity contribution is 5.16. The van der Waals surface area contributed by atoms with Crippen LogP contribution in [-0.4, -0.2) is 18.8 Å². The summed E-state index contributed by atoms with van der Waals surface area (Å²) in [6.07, 6.45) is 1.06. The number of benzene rings is 1. The van der Waals surface area contributed by atoms with Crippen molar-refractivity contribution in [3.05, 3.63) is 59.8 Å². The Labute approximate surface area is 122 Å². The third-order valence-corrected chi connectivity index (χ3v) is 3.39. The molecule has 0 bridgehead atoms. The minimum atomic E-state index is -0.606. The maximum atomic E-state index is 13.6. The van der Waals surface area contributed by atoms with Crippen LogP contribution in [0.5, 0.6) is 0 Å². The Morgan fingerprint density at radius 3 is 2.62 bits per heavy atom. The van der Waals surface area contributed by atoms with Crippen molar-refractivity contribution in [2.24, 2.45) is 0 Å². The van der Waals surface area contributed by atoms with Crippen molar-refractivity contribution in [1.82, 2.24) is 0 Å². The van der Waals surface area contributed by atoms with Crippen LogP contribution in [0.3, 0.4) is 0 Å². The normalized spacial score (nSPS) is 25.9. The third kappa shape index (κ3) is 3.32. The van der Waals surface area contributed by atoms with Gasteiger partial charge in [0.15, 0.2) is 5.76 Å². The van der Waals surface area contributed by atoms with Gasteiger partial charge in [0.25, 0.3) is 0 Å². The van der Waals surface area contributed by atoms with Gasteiger partial charge in [0.05, 0.1) is 26.1 Å². The Kier molecular flexibility index (Phi) is 4.05. The average Bonchev–Trinajstić information content (AvgIpc) is 3.02. The van der Waals surface area contributed by atoms with Gasteiger partial charge in [0.1, 0.15) is 11.4 Å². The van der Waals surface area contributed by atoms with Crippen LogP contribution in [0.2, 0.25) is 0 Å². The van der Waals surface area contributed by atoms with Crippen molar-refractivity contribution in [1.29, 1.82) is 0 Å². The maximum absolute atomic E-state index is 13.6. The summed E-state index contributed by atoms with van der Waals surface area (Å²) >= 11 is 0. The first-order chi connectivity index (χ1) is 10.2. The van der Waals surface area contributed by atoms with E-state index in [9.17, 15) is 4.39 Å². The molecule has 0 amide bonds. The van der Waals surface area contributed by atoms with Crippen LogP contribution >= 0.6 is 0 Å². The Morgan fingerprint density at radius 1 is 1.19 bits per heavy atom. The highest BCUT2D eigenvalue weighted by Crippen LogP contribution is 2.29. The second-order valence-electron chi connectivity index (χ2n) is 5.30. The van der Waals surface area contributed by atoms with E-state index < -0.39 is 11.9 Å². The Balaban J connectivity index is 1.56. The predicted molar refractivity (Wildman–Crippen MR) is 72.9 cm³/mol. The lowest BCUT2D eigenvalue weighted by Crippen LogP contribution is -2.44. The van der Waals surface area contributed by atoms with Crippen molar-refractivity contribution in [3.63, 3.8) is 0 Å². The Hall–Kier alpha value is -1.69. The van der Waals surface area contributed by atoms with Crippen LogP contribution in [0.1, 0.15) is 24.5 Å². The number of rotatable bonds is 4. The van der Waals surface area contributed by atoms with Gasteiger partial charge in [0, 0.05) is 5.56 Å². The maximum Gasteiger partial charge on any atom is 0.217 e. The van der Waals surface area contributed by atoms with Gasteiger partial charge in [-0.3, -0.25) is 0 Å². The van der Waals surface area contributed by atoms with Gasteiger partial charge >= 0.3 is 0 Å². The van der Waals surface area contributed by atoms with Gasteiger partial charge in [-0.15, -0.1) is 0 Å². The number of furan rings is 1. The topological polar surface area (TPSA) is 40.8 Å². The molecule has 21 heavy (non-hydrogen) atoms. The van der Waals surface area contributed by atoms with Crippen molar-refractivity contribution >= 4 is 0 Å². The molecule has 5 heteroatoms. The fourth-order valence-corrected chi connectivity index (χ4v) is 2.13. The lowest BCUT2D eigenvalue weighted by Gasteiger charge is -2.36. The van der Waals surface area contributed by atoms with Gasteiger partial charge in [-0.25, -0.2) is 4.39 Å². The molecule has 0 atom stereocenters. The number of hydrogen-bond donors (Lipinski definition) is 0. The zero-order valence-electron chi connectivity index (χ0n) is 11.8. The molecule has 1 aliphatic rings. The first kappa shape index (κ1) is 14.3. The van der Waals surface area contributed by atoms with Crippen LogP contribution in [0.25, 0.3) is 0 Å². The van der Waals surface area contributed by atoms with E-state index in [1.165, 1.54) is 6.07 Å². The number of hydrogen-bond acceptors (Lipinski definition) is 4. The van der Waals surface area contributed by atoms with E-state index in [0.29, 0.717) is 24.5 Å². The van der Waals surface area contributed by atoms with Gasteiger partial charge in [0.2, 0.25) is 6.29 Å². The molecule has 0 aliphatic carbocycles. The summed E-state index contributed by atoms with van der Waals surface area (Å²) in [5.74, 6) is 0.360. The molecule has 0 N–H and O–H groups in total.